The molecule has 1 aromatic heterocycles. The van der Waals surface area contributed by atoms with Crippen LogP contribution >= 0.6 is 0 Å². The molecule has 27 heavy (non-hydrogen) atoms. The number of hydrogen-bond donors (Lipinski definition) is 1. The van der Waals surface area contributed by atoms with Crippen molar-refractivity contribution in [1.29, 1.82) is 0 Å². The molecule has 0 aliphatic carbocycles. The van der Waals surface area contributed by atoms with E-state index in [9.17, 15) is 4.79 Å². The molecule has 5 heteroatoms. The van der Waals surface area contributed by atoms with E-state index in [4.69, 9.17) is 10.8 Å². The van der Waals surface area contributed by atoms with Gasteiger partial charge < -0.3 is 10.6 Å². The Morgan fingerprint density at radius 3 is 2.41 bits per heavy atom. The first-order valence-electron chi connectivity index (χ1n) is 9.65. The van der Waals surface area contributed by atoms with Gasteiger partial charge in [-0.15, -0.1) is 0 Å². The summed E-state index contributed by atoms with van der Waals surface area (Å²) >= 11 is 0. The molecule has 1 heterocycles. The summed E-state index contributed by atoms with van der Waals surface area (Å²) in [4.78, 5) is 14.3. The highest BCUT2D eigenvalue weighted by Crippen LogP contribution is 2.19. The Kier molecular flexibility index (Phi) is 6.82. The maximum absolute atomic E-state index is 12.5. The van der Waals surface area contributed by atoms with E-state index in [2.05, 4.69) is 52.0 Å². The number of nitrogens with two attached hydrogens (primary N) is 1. The third-order valence-corrected chi connectivity index (χ3v) is 5.22. The van der Waals surface area contributed by atoms with Crippen LogP contribution in [0.2, 0.25) is 0 Å². The Labute approximate surface area is 163 Å². The third-order valence-electron chi connectivity index (χ3n) is 5.22. The molecule has 2 N–H and O–H groups in total. The number of amides is 1. The molecule has 2 rings (SSSR count). The largest absolute Gasteiger partial charge is 0.345 e. The van der Waals surface area contributed by atoms with Crippen LogP contribution in [0.25, 0.3) is 0 Å². The Balaban J connectivity index is 2.02. The molecule has 1 amide bonds. The summed E-state index contributed by atoms with van der Waals surface area (Å²) in [5.74, 6) is 0.154. The summed E-state index contributed by atoms with van der Waals surface area (Å²) in [7, 11) is 1.86. The summed E-state index contributed by atoms with van der Waals surface area (Å²) in [6.07, 6.45) is 1.22. The number of rotatable bonds is 8. The van der Waals surface area contributed by atoms with E-state index in [1.54, 1.807) is 4.90 Å². The Morgan fingerprint density at radius 2 is 1.81 bits per heavy atom. The van der Waals surface area contributed by atoms with Crippen molar-refractivity contribution in [2.75, 3.05) is 20.1 Å². The van der Waals surface area contributed by atoms with Crippen LogP contribution in [-0.2, 0) is 17.8 Å². The van der Waals surface area contributed by atoms with Crippen molar-refractivity contribution in [2.45, 2.75) is 54.0 Å². The zero-order valence-corrected chi connectivity index (χ0v) is 17.7. The maximum atomic E-state index is 12.5. The minimum absolute atomic E-state index is 0.0604. The van der Waals surface area contributed by atoms with Gasteiger partial charge in [-0.3, -0.25) is 9.48 Å². The lowest BCUT2D eigenvalue weighted by molar-refractivity contribution is -0.131. The van der Waals surface area contributed by atoms with Crippen LogP contribution in [0.15, 0.2) is 24.3 Å². The predicted octanol–water partition coefficient (Wildman–Crippen LogP) is 3.23. The van der Waals surface area contributed by atoms with Crippen molar-refractivity contribution in [3.63, 3.8) is 0 Å². The monoisotopic (exact) mass is 370 g/mol. The van der Waals surface area contributed by atoms with E-state index >= 15 is 0 Å². The van der Waals surface area contributed by atoms with Gasteiger partial charge in [0.1, 0.15) is 0 Å². The van der Waals surface area contributed by atoms with Gasteiger partial charge >= 0.3 is 0 Å². The maximum Gasteiger partial charge on any atom is 0.222 e. The minimum atomic E-state index is -0.0604. The smallest absolute Gasteiger partial charge is 0.222 e. The normalized spacial score (nSPS) is 11.7. The first-order chi connectivity index (χ1) is 12.6. The van der Waals surface area contributed by atoms with Crippen LogP contribution in [0.5, 0.6) is 0 Å². The molecule has 0 bridgehead atoms. The van der Waals surface area contributed by atoms with Crippen molar-refractivity contribution >= 4 is 5.91 Å². The number of nitrogens with zero attached hydrogens (tertiary/aromatic N) is 3. The molecule has 2 aromatic rings. The fraction of sp³-hybridized carbons (Fsp3) is 0.545. The summed E-state index contributed by atoms with van der Waals surface area (Å²) in [6, 6.07) is 8.53. The molecule has 0 unspecified atom stereocenters. The topological polar surface area (TPSA) is 64.2 Å². The van der Waals surface area contributed by atoms with Crippen LogP contribution < -0.4 is 5.73 Å². The van der Waals surface area contributed by atoms with Gasteiger partial charge in [0.25, 0.3) is 0 Å². The lowest BCUT2D eigenvalue weighted by Crippen LogP contribution is -2.39. The molecule has 0 atom stereocenters. The van der Waals surface area contributed by atoms with Crippen LogP contribution in [0.4, 0.5) is 0 Å². The fourth-order valence-electron chi connectivity index (χ4n) is 3.33. The van der Waals surface area contributed by atoms with Gasteiger partial charge in [-0.05, 0) is 50.3 Å². The van der Waals surface area contributed by atoms with Gasteiger partial charge in [-0.2, -0.15) is 5.10 Å². The molecule has 1 aromatic carbocycles. The second kappa shape index (κ2) is 8.70. The number of carbonyl (C=O) groups excluding carboxylic acids is 1. The van der Waals surface area contributed by atoms with E-state index in [-0.39, 0.29) is 11.3 Å². The van der Waals surface area contributed by atoms with Crippen molar-refractivity contribution in [2.24, 2.45) is 11.1 Å². The molecule has 148 valence electrons. The van der Waals surface area contributed by atoms with Crippen molar-refractivity contribution in [1.82, 2.24) is 14.7 Å². The predicted molar refractivity (Wildman–Crippen MR) is 111 cm³/mol. The molecular weight excluding hydrogens is 336 g/mol. The van der Waals surface area contributed by atoms with Gasteiger partial charge in [0.05, 0.1) is 12.2 Å². The average Bonchev–Trinajstić information content (AvgIpc) is 2.88. The van der Waals surface area contributed by atoms with Crippen LogP contribution in [0.1, 0.15) is 48.3 Å². The van der Waals surface area contributed by atoms with Gasteiger partial charge in [-0.25, -0.2) is 0 Å². The SMILES string of the molecule is Cc1ccc(Cn2nc(C)c(CCC(=O)N(C)CC(C)(C)CN)c2C)cc1. The molecule has 0 radical (unpaired) electrons. The lowest BCUT2D eigenvalue weighted by atomic mass is 9.93. The molecule has 0 saturated carbocycles. The summed E-state index contributed by atoms with van der Waals surface area (Å²) in [5.41, 5.74) is 11.6. The van der Waals surface area contributed by atoms with Gasteiger partial charge in [-0.1, -0.05) is 43.7 Å². The van der Waals surface area contributed by atoms with Crippen molar-refractivity contribution in [3.8, 4) is 0 Å². The highest BCUT2D eigenvalue weighted by atomic mass is 16.2. The van der Waals surface area contributed by atoms with E-state index in [0.717, 1.165) is 24.4 Å². The standard InChI is InChI=1S/C22H34N4O/c1-16-7-9-19(10-8-16)13-26-18(3)20(17(2)24-26)11-12-21(27)25(6)15-22(4,5)14-23/h7-10H,11-15,23H2,1-6H3. The minimum Gasteiger partial charge on any atom is -0.345 e. The Bertz CT molecular complexity index is 774. The highest BCUT2D eigenvalue weighted by Gasteiger charge is 2.21. The van der Waals surface area contributed by atoms with E-state index < -0.39 is 0 Å². The number of aryl methyl sites for hydroxylation is 2. The summed E-state index contributed by atoms with van der Waals surface area (Å²) in [5, 5.41) is 4.70. The summed E-state index contributed by atoms with van der Waals surface area (Å²) < 4.78 is 2.04. The van der Waals surface area contributed by atoms with Gasteiger partial charge in [0, 0.05) is 25.7 Å². The van der Waals surface area contributed by atoms with Crippen molar-refractivity contribution < 1.29 is 4.79 Å². The first kappa shape index (κ1) is 21.2. The van der Waals surface area contributed by atoms with E-state index in [1.165, 1.54) is 16.7 Å². The van der Waals surface area contributed by atoms with Gasteiger partial charge in [0.15, 0.2) is 0 Å². The summed E-state index contributed by atoms with van der Waals surface area (Å²) in [6.45, 7) is 12.4. The number of carbonyl (C=O) groups is 1. The molecular formula is C22H34N4O. The number of hydrogen-bond acceptors (Lipinski definition) is 3. The lowest BCUT2D eigenvalue weighted by Gasteiger charge is -2.29. The third kappa shape index (κ3) is 5.67. The van der Waals surface area contributed by atoms with Crippen LogP contribution in [-0.4, -0.2) is 40.7 Å². The first-order valence-corrected chi connectivity index (χ1v) is 9.65. The second-order valence-corrected chi connectivity index (χ2v) is 8.41. The van der Waals surface area contributed by atoms with E-state index in [1.807, 2.05) is 18.7 Å². The fourth-order valence-corrected chi connectivity index (χ4v) is 3.33. The quantitative estimate of drug-likeness (QED) is 0.776. The molecule has 0 aliphatic rings. The second-order valence-electron chi connectivity index (χ2n) is 8.41. The van der Waals surface area contributed by atoms with E-state index in [0.29, 0.717) is 19.5 Å². The highest BCUT2D eigenvalue weighted by molar-refractivity contribution is 5.76. The van der Waals surface area contributed by atoms with Crippen molar-refractivity contribution in [3.05, 3.63) is 52.3 Å². The molecule has 5 nitrogen and oxygen atoms in total. The molecule has 0 aliphatic heterocycles. The molecule has 0 spiro atoms. The zero-order chi connectivity index (χ0) is 20.2. The average molecular weight is 371 g/mol. The van der Waals surface area contributed by atoms with Crippen LogP contribution in [0.3, 0.4) is 0 Å². The Hall–Kier alpha value is -2.14. The zero-order valence-electron chi connectivity index (χ0n) is 17.7. The number of aromatic nitrogens is 2. The van der Waals surface area contributed by atoms with Gasteiger partial charge in [0.2, 0.25) is 5.91 Å². The number of benzene rings is 1. The van der Waals surface area contributed by atoms with Crippen LogP contribution in [0, 0.1) is 26.2 Å². The molecule has 0 saturated heterocycles. The molecule has 0 fully saturated rings. The Morgan fingerprint density at radius 1 is 1.19 bits per heavy atom.